The van der Waals surface area contributed by atoms with Gasteiger partial charge in [-0.2, -0.15) is 0 Å². The number of rotatable bonds is 6. The average molecular weight is 263 g/mol. The first-order valence-corrected chi connectivity index (χ1v) is 5.82. The van der Waals surface area contributed by atoms with Gasteiger partial charge in [-0.1, -0.05) is 26.2 Å². The molecule has 7 nitrogen and oxygen atoms in total. The van der Waals surface area contributed by atoms with Crippen molar-refractivity contribution in [3.63, 3.8) is 0 Å². The number of guanidine groups is 1. The van der Waals surface area contributed by atoms with E-state index in [9.17, 15) is 13.0 Å². The first kappa shape index (κ1) is 21.4. The molecule has 0 heterocycles. The summed E-state index contributed by atoms with van der Waals surface area (Å²) in [7, 11) is -4.46. The minimum atomic E-state index is -4.46. The van der Waals surface area contributed by atoms with Crippen LogP contribution in [-0.4, -0.2) is 25.5 Å². The first-order valence-electron chi connectivity index (χ1n) is 4.49. The summed E-state index contributed by atoms with van der Waals surface area (Å²) in [5.74, 6) is -0.333. The van der Waals surface area contributed by atoms with E-state index in [0.29, 0.717) is 6.42 Å². The van der Waals surface area contributed by atoms with Gasteiger partial charge in [0, 0.05) is 0 Å². The topological polar surface area (TPSA) is 142 Å². The minimum absolute atomic E-state index is 0. The molecule has 16 heavy (non-hydrogen) atoms. The van der Waals surface area contributed by atoms with Crippen LogP contribution in [0.25, 0.3) is 0 Å². The summed E-state index contributed by atoms with van der Waals surface area (Å²) < 4.78 is 33.7. The maximum Gasteiger partial charge on any atom is 1.00 e. The largest absolute Gasteiger partial charge is 1.00 e. The predicted octanol–water partition coefficient (Wildman–Crippen LogP) is -3.11. The second-order valence-electron chi connectivity index (χ2n) is 2.75. The Labute approximate surface area is 119 Å². The molecule has 0 aromatic heterocycles. The van der Waals surface area contributed by atoms with Crippen LogP contribution >= 0.6 is 0 Å². The fraction of sp³-hybridized carbons (Fsp3) is 0.857. The van der Waals surface area contributed by atoms with Crippen molar-refractivity contribution >= 4 is 16.4 Å². The monoisotopic (exact) mass is 263 g/mol. The molecular weight excluding hydrogens is 245 g/mol. The summed E-state index contributed by atoms with van der Waals surface area (Å²) in [4.78, 5) is 0. The molecule has 0 aliphatic carbocycles. The van der Waals surface area contributed by atoms with Gasteiger partial charge < -0.3 is 16.0 Å². The van der Waals surface area contributed by atoms with Gasteiger partial charge in [0.2, 0.25) is 10.4 Å². The van der Waals surface area contributed by atoms with E-state index in [1.165, 1.54) is 0 Å². The number of nitrogens with one attached hydrogen (secondary N) is 1. The van der Waals surface area contributed by atoms with Gasteiger partial charge in [-0.15, -0.1) is 0 Å². The standard InChI is InChI=1S/C6H14O4S.CH5N3.Na/c1-2-3-4-5-6-10-11(7,8)9;2-1(3)4;/h2-6H2,1H3,(H,7,8,9);(H5,2,3,4);/q;;+1/p-1. The first-order chi connectivity index (χ1) is 6.79. The summed E-state index contributed by atoms with van der Waals surface area (Å²) >= 11 is 0. The molecule has 0 aliphatic heterocycles. The predicted molar refractivity (Wildman–Crippen MR) is 55.9 cm³/mol. The van der Waals surface area contributed by atoms with E-state index in [4.69, 9.17) is 5.41 Å². The minimum Gasteiger partial charge on any atom is -0.726 e. The van der Waals surface area contributed by atoms with Crippen LogP contribution in [0.1, 0.15) is 32.6 Å². The van der Waals surface area contributed by atoms with Crippen molar-refractivity contribution in [1.29, 1.82) is 5.41 Å². The van der Waals surface area contributed by atoms with Crippen LogP contribution in [0.4, 0.5) is 0 Å². The van der Waals surface area contributed by atoms with Crippen molar-refractivity contribution < 1.29 is 46.7 Å². The number of nitrogens with two attached hydrogens (primary N) is 2. The molecule has 0 aromatic rings. The molecule has 5 N–H and O–H groups in total. The zero-order valence-electron chi connectivity index (χ0n) is 9.73. The van der Waals surface area contributed by atoms with Crippen LogP contribution in [0.15, 0.2) is 0 Å². The summed E-state index contributed by atoms with van der Waals surface area (Å²) in [5.41, 5.74) is 8.94. The molecule has 0 saturated heterocycles. The molecule has 9 heteroatoms. The molecular formula is C7H18N3NaO4S. The van der Waals surface area contributed by atoms with E-state index in [2.05, 4.69) is 15.7 Å². The molecule has 0 aliphatic rings. The molecule has 0 unspecified atom stereocenters. The van der Waals surface area contributed by atoms with E-state index in [0.717, 1.165) is 19.3 Å². The Hall–Kier alpha value is 0.140. The molecule has 0 bridgehead atoms. The Kier molecular flexibility index (Phi) is 17.7. The van der Waals surface area contributed by atoms with Gasteiger partial charge in [-0.3, -0.25) is 9.59 Å². The van der Waals surface area contributed by atoms with Crippen molar-refractivity contribution in [2.24, 2.45) is 11.5 Å². The molecule has 0 fully saturated rings. The second-order valence-corrected chi connectivity index (χ2v) is 3.80. The molecule has 0 radical (unpaired) electrons. The second kappa shape index (κ2) is 13.2. The fourth-order valence-electron chi connectivity index (χ4n) is 0.690. The number of unbranched alkanes of at least 4 members (excludes halogenated alkanes) is 3. The Bertz CT molecular complexity index is 254. The zero-order valence-corrected chi connectivity index (χ0v) is 12.5. The molecule has 0 spiro atoms. The number of hydrogen-bond acceptors (Lipinski definition) is 5. The molecule has 0 rings (SSSR count). The molecule has 0 aromatic carbocycles. The maximum atomic E-state index is 9.89. The van der Waals surface area contributed by atoms with Crippen molar-refractivity contribution in [3.8, 4) is 0 Å². The van der Waals surface area contributed by atoms with Crippen molar-refractivity contribution in [2.75, 3.05) is 6.61 Å². The Balaban J connectivity index is -0.000000292. The molecule has 0 saturated carbocycles. The molecule has 92 valence electrons. The van der Waals surface area contributed by atoms with Gasteiger partial charge in [0.1, 0.15) is 0 Å². The quantitative estimate of drug-likeness (QED) is 0.116. The van der Waals surface area contributed by atoms with Crippen molar-refractivity contribution in [2.45, 2.75) is 32.6 Å². The molecule has 0 atom stereocenters. The van der Waals surface area contributed by atoms with E-state index in [1.807, 2.05) is 6.92 Å². The Morgan fingerprint density at radius 2 is 1.75 bits per heavy atom. The van der Waals surface area contributed by atoms with Crippen LogP contribution in [0, 0.1) is 5.41 Å². The molecule has 0 amide bonds. The van der Waals surface area contributed by atoms with Gasteiger partial charge >= 0.3 is 29.6 Å². The Morgan fingerprint density at radius 3 is 2.06 bits per heavy atom. The van der Waals surface area contributed by atoms with Crippen LogP contribution in [0.3, 0.4) is 0 Å². The van der Waals surface area contributed by atoms with Gasteiger partial charge in [0.15, 0.2) is 5.96 Å². The smallest absolute Gasteiger partial charge is 0.726 e. The summed E-state index contributed by atoms with van der Waals surface area (Å²) in [5, 5.41) is 6.06. The third-order valence-corrected chi connectivity index (χ3v) is 1.68. The van der Waals surface area contributed by atoms with E-state index in [1.54, 1.807) is 0 Å². The summed E-state index contributed by atoms with van der Waals surface area (Å²) in [6.45, 7) is 2.07. The zero-order chi connectivity index (χ0) is 12.3. The summed E-state index contributed by atoms with van der Waals surface area (Å²) in [6.07, 6.45) is 3.66. The average Bonchev–Trinajstić information content (AvgIpc) is 2.01. The fourth-order valence-corrected chi connectivity index (χ4v) is 1.01. The normalized spacial score (nSPS) is 9.62. The van der Waals surface area contributed by atoms with Crippen LogP contribution in [0.2, 0.25) is 0 Å². The van der Waals surface area contributed by atoms with Gasteiger partial charge in [-0.25, -0.2) is 8.42 Å². The SMILES string of the molecule is CCCCCCOS(=O)(=O)[O-].N=C(N)N.[Na+]. The van der Waals surface area contributed by atoms with Crippen molar-refractivity contribution in [1.82, 2.24) is 0 Å². The third-order valence-electron chi connectivity index (χ3n) is 1.23. The van der Waals surface area contributed by atoms with Crippen molar-refractivity contribution in [3.05, 3.63) is 0 Å². The maximum absolute atomic E-state index is 9.89. The van der Waals surface area contributed by atoms with Crippen LogP contribution in [-0.2, 0) is 14.6 Å². The van der Waals surface area contributed by atoms with Gasteiger partial charge in [0.25, 0.3) is 0 Å². The van der Waals surface area contributed by atoms with Crippen LogP contribution in [0.5, 0.6) is 0 Å². The van der Waals surface area contributed by atoms with E-state index in [-0.39, 0.29) is 42.1 Å². The van der Waals surface area contributed by atoms with Gasteiger partial charge in [0.05, 0.1) is 6.61 Å². The van der Waals surface area contributed by atoms with Gasteiger partial charge in [-0.05, 0) is 6.42 Å². The van der Waals surface area contributed by atoms with Crippen LogP contribution < -0.4 is 41.0 Å². The van der Waals surface area contributed by atoms with E-state index < -0.39 is 10.4 Å². The van der Waals surface area contributed by atoms with E-state index >= 15 is 0 Å². The Morgan fingerprint density at radius 1 is 1.31 bits per heavy atom. The number of hydrogen-bond donors (Lipinski definition) is 3. The third kappa shape index (κ3) is 36.8. The summed E-state index contributed by atoms with van der Waals surface area (Å²) in [6, 6.07) is 0.